The van der Waals surface area contributed by atoms with Crippen molar-refractivity contribution in [2.75, 3.05) is 30.8 Å². The van der Waals surface area contributed by atoms with Gasteiger partial charge in [-0.05, 0) is 12.5 Å². The van der Waals surface area contributed by atoms with Gasteiger partial charge in [-0.25, -0.2) is 4.98 Å². The van der Waals surface area contributed by atoms with Gasteiger partial charge in [-0.2, -0.15) is 4.98 Å². The number of anilines is 2. The predicted octanol–water partition coefficient (Wildman–Crippen LogP) is 0.284. The molecule has 0 saturated carbocycles. The highest BCUT2D eigenvalue weighted by Gasteiger charge is 2.22. The summed E-state index contributed by atoms with van der Waals surface area (Å²) in [4.78, 5) is 10.2. The fourth-order valence-corrected chi connectivity index (χ4v) is 1.67. The molecule has 2 heterocycles. The molecule has 0 bridgehead atoms. The third-order valence-corrected chi connectivity index (χ3v) is 2.46. The highest BCUT2D eigenvalue weighted by Crippen LogP contribution is 2.19. The maximum absolute atomic E-state index is 5.51. The van der Waals surface area contributed by atoms with Gasteiger partial charge in [0, 0.05) is 26.4 Å². The van der Waals surface area contributed by atoms with Crippen LogP contribution in [0.25, 0.3) is 0 Å². The molecule has 5 nitrogen and oxygen atoms in total. The van der Waals surface area contributed by atoms with Crippen LogP contribution in [0.4, 0.5) is 11.8 Å². The molecule has 1 fully saturated rings. The molecule has 1 aromatic rings. The quantitative estimate of drug-likeness (QED) is 0.732. The zero-order valence-electron chi connectivity index (χ0n) is 8.18. The number of hydrogen-bond acceptors (Lipinski definition) is 5. The van der Waals surface area contributed by atoms with Crippen molar-refractivity contribution in [2.45, 2.75) is 12.5 Å². The van der Waals surface area contributed by atoms with Crippen molar-refractivity contribution < 1.29 is 4.74 Å². The number of nitrogens with zero attached hydrogens (tertiary/aromatic N) is 3. The van der Waals surface area contributed by atoms with Crippen LogP contribution in [0, 0.1) is 0 Å². The Labute approximate surface area is 82.9 Å². The normalized spacial score (nSPS) is 21.5. The Balaban J connectivity index is 2.09. The van der Waals surface area contributed by atoms with Gasteiger partial charge in [-0.1, -0.05) is 0 Å². The fourth-order valence-electron chi connectivity index (χ4n) is 1.67. The van der Waals surface area contributed by atoms with Crippen LogP contribution < -0.4 is 10.6 Å². The van der Waals surface area contributed by atoms with E-state index in [1.54, 1.807) is 13.3 Å². The van der Waals surface area contributed by atoms with Crippen molar-refractivity contribution in [1.82, 2.24) is 9.97 Å². The van der Waals surface area contributed by atoms with Crippen LogP contribution in [-0.4, -0.2) is 36.3 Å². The van der Waals surface area contributed by atoms with E-state index in [2.05, 4.69) is 14.9 Å². The van der Waals surface area contributed by atoms with E-state index in [0.717, 1.165) is 25.3 Å². The molecule has 0 radical (unpaired) electrons. The zero-order valence-corrected chi connectivity index (χ0v) is 8.18. The van der Waals surface area contributed by atoms with Crippen LogP contribution >= 0.6 is 0 Å². The number of nitrogen functional groups attached to an aromatic ring is 1. The first-order valence-corrected chi connectivity index (χ1v) is 4.66. The maximum atomic E-state index is 5.51. The van der Waals surface area contributed by atoms with Crippen LogP contribution in [0.5, 0.6) is 0 Å². The number of rotatable bonds is 2. The van der Waals surface area contributed by atoms with Gasteiger partial charge in [-0.15, -0.1) is 0 Å². The molecule has 0 spiro atoms. The monoisotopic (exact) mass is 194 g/mol. The van der Waals surface area contributed by atoms with Crippen LogP contribution in [0.1, 0.15) is 6.42 Å². The second-order valence-electron chi connectivity index (χ2n) is 3.37. The molecule has 14 heavy (non-hydrogen) atoms. The summed E-state index contributed by atoms with van der Waals surface area (Å²) in [6, 6.07) is 1.87. The van der Waals surface area contributed by atoms with E-state index >= 15 is 0 Å². The fraction of sp³-hybridized carbons (Fsp3) is 0.556. The smallest absolute Gasteiger partial charge is 0.221 e. The number of aromatic nitrogens is 2. The summed E-state index contributed by atoms with van der Waals surface area (Å²) in [5, 5.41) is 0. The first kappa shape index (κ1) is 9.21. The Morgan fingerprint density at radius 1 is 1.64 bits per heavy atom. The Morgan fingerprint density at radius 3 is 3.14 bits per heavy atom. The van der Waals surface area contributed by atoms with Crippen LogP contribution in [0.3, 0.4) is 0 Å². The van der Waals surface area contributed by atoms with Gasteiger partial charge in [0.2, 0.25) is 5.95 Å². The van der Waals surface area contributed by atoms with E-state index in [-0.39, 0.29) is 0 Å². The molecule has 0 aromatic carbocycles. The van der Waals surface area contributed by atoms with Gasteiger partial charge < -0.3 is 15.4 Å². The summed E-state index contributed by atoms with van der Waals surface area (Å²) in [5.41, 5.74) is 5.51. The molecule has 5 heteroatoms. The van der Waals surface area contributed by atoms with Crippen molar-refractivity contribution in [3.8, 4) is 0 Å². The summed E-state index contributed by atoms with van der Waals surface area (Å²) in [6.45, 7) is 1.85. The Kier molecular flexibility index (Phi) is 2.49. The van der Waals surface area contributed by atoms with Crippen molar-refractivity contribution in [3.05, 3.63) is 12.3 Å². The molecule has 2 rings (SSSR count). The molecule has 1 atom stereocenters. The zero-order chi connectivity index (χ0) is 9.97. The highest BCUT2D eigenvalue weighted by atomic mass is 16.5. The molecule has 76 valence electrons. The van der Waals surface area contributed by atoms with Gasteiger partial charge in [-0.3, -0.25) is 0 Å². The number of hydrogen-bond donors (Lipinski definition) is 1. The van der Waals surface area contributed by atoms with E-state index in [1.165, 1.54) is 0 Å². The second kappa shape index (κ2) is 3.79. The van der Waals surface area contributed by atoms with E-state index < -0.39 is 0 Å². The highest BCUT2D eigenvalue weighted by molar-refractivity contribution is 5.42. The molecule has 2 N–H and O–H groups in total. The van der Waals surface area contributed by atoms with Crippen LogP contribution in [0.2, 0.25) is 0 Å². The SMILES string of the molecule is CO[C@H]1CCN(c2ccnc(N)n2)C1. The Bertz CT molecular complexity index is 317. The second-order valence-corrected chi connectivity index (χ2v) is 3.37. The topological polar surface area (TPSA) is 64.3 Å². The molecule has 0 amide bonds. The van der Waals surface area contributed by atoms with E-state index in [4.69, 9.17) is 10.5 Å². The summed E-state index contributed by atoms with van der Waals surface area (Å²) in [5.74, 6) is 1.21. The molecular formula is C9H14N4O. The Morgan fingerprint density at radius 2 is 2.50 bits per heavy atom. The van der Waals surface area contributed by atoms with Gasteiger partial charge in [0.15, 0.2) is 0 Å². The third-order valence-electron chi connectivity index (χ3n) is 2.46. The van der Waals surface area contributed by atoms with Gasteiger partial charge in [0.05, 0.1) is 6.10 Å². The number of ether oxygens (including phenoxy) is 1. The van der Waals surface area contributed by atoms with Crippen LogP contribution in [-0.2, 0) is 4.74 Å². The first-order valence-electron chi connectivity index (χ1n) is 4.66. The first-order chi connectivity index (χ1) is 6.79. The lowest BCUT2D eigenvalue weighted by molar-refractivity contribution is 0.121. The van der Waals surface area contributed by atoms with Crippen molar-refractivity contribution in [1.29, 1.82) is 0 Å². The average molecular weight is 194 g/mol. The standard InChI is InChI=1S/C9H14N4O/c1-14-7-3-5-13(6-7)8-2-4-11-9(10)12-8/h2,4,7H,3,5-6H2,1H3,(H2,10,11,12)/t7-/m0/s1. The average Bonchev–Trinajstić information content (AvgIpc) is 2.66. The molecule has 1 saturated heterocycles. The van der Waals surface area contributed by atoms with Crippen LogP contribution in [0.15, 0.2) is 12.3 Å². The lowest BCUT2D eigenvalue weighted by Crippen LogP contribution is -2.23. The lowest BCUT2D eigenvalue weighted by Gasteiger charge is -2.16. The molecule has 1 aliphatic heterocycles. The molecule has 1 aliphatic rings. The van der Waals surface area contributed by atoms with E-state index in [9.17, 15) is 0 Å². The number of nitrogens with two attached hydrogens (primary N) is 1. The lowest BCUT2D eigenvalue weighted by atomic mass is 10.3. The van der Waals surface area contributed by atoms with Crippen molar-refractivity contribution in [3.63, 3.8) is 0 Å². The van der Waals surface area contributed by atoms with E-state index in [0.29, 0.717) is 12.1 Å². The predicted molar refractivity (Wildman–Crippen MR) is 54.1 cm³/mol. The summed E-state index contributed by atoms with van der Waals surface area (Å²) < 4.78 is 5.28. The number of methoxy groups -OCH3 is 1. The minimum Gasteiger partial charge on any atom is -0.380 e. The maximum Gasteiger partial charge on any atom is 0.221 e. The summed E-state index contributed by atoms with van der Waals surface area (Å²) >= 11 is 0. The van der Waals surface area contributed by atoms with Crippen molar-refractivity contribution in [2.24, 2.45) is 0 Å². The minimum absolute atomic E-state index is 0.311. The molecule has 1 aromatic heterocycles. The Hall–Kier alpha value is -1.36. The van der Waals surface area contributed by atoms with Gasteiger partial charge in [0.25, 0.3) is 0 Å². The van der Waals surface area contributed by atoms with Gasteiger partial charge in [0.1, 0.15) is 5.82 Å². The van der Waals surface area contributed by atoms with Gasteiger partial charge >= 0.3 is 0 Å². The van der Waals surface area contributed by atoms with E-state index in [1.807, 2.05) is 6.07 Å². The largest absolute Gasteiger partial charge is 0.380 e. The third kappa shape index (κ3) is 1.77. The molecule has 0 aliphatic carbocycles. The minimum atomic E-state index is 0.311. The van der Waals surface area contributed by atoms with Crippen molar-refractivity contribution >= 4 is 11.8 Å². The molecular weight excluding hydrogens is 180 g/mol. The molecule has 0 unspecified atom stereocenters. The summed E-state index contributed by atoms with van der Waals surface area (Å²) in [6.07, 6.45) is 3.03. The summed E-state index contributed by atoms with van der Waals surface area (Å²) in [7, 11) is 1.74.